The Labute approximate surface area is 130 Å². The molecule has 0 aromatic carbocycles. The van der Waals surface area contributed by atoms with Gasteiger partial charge in [-0.3, -0.25) is 9.78 Å². The number of hydrogen-bond donors (Lipinski definition) is 2. The molecule has 0 radical (unpaired) electrons. The molecule has 1 aliphatic heterocycles. The topological polar surface area (TPSA) is 74.3 Å². The zero-order valence-electron chi connectivity index (χ0n) is 12.8. The minimum absolute atomic E-state index is 0.0183. The van der Waals surface area contributed by atoms with Crippen LogP contribution in [0.4, 0.5) is 4.79 Å². The minimum Gasteiger partial charge on any atom is -0.338 e. The van der Waals surface area contributed by atoms with Crippen LogP contribution in [0.1, 0.15) is 35.3 Å². The number of rotatable bonds is 4. The third kappa shape index (κ3) is 3.75. The number of aryl methyl sites for hydroxylation is 1. The highest BCUT2D eigenvalue weighted by Gasteiger charge is 2.28. The van der Waals surface area contributed by atoms with E-state index in [0.29, 0.717) is 24.6 Å². The van der Waals surface area contributed by atoms with Gasteiger partial charge in [0.15, 0.2) is 0 Å². The Hall–Kier alpha value is -2.11. The van der Waals surface area contributed by atoms with Gasteiger partial charge in [-0.25, -0.2) is 4.79 Å². The standard InChI is InChI=1S/C16H22N4O2/c1-11-2-5-13(9-17-11)15(21)20-7-6-14(10-20)19-16(22)18-8-12-3-4-12/h2,5,9,12,14H,3-4,6-8,10H2,1H3,(H2,18,19,22)/t14-/m1/s1. The maximum atomic E-state index is 12.4. The summed E-state index contributed by atoms with van der Waals surface area (Å²) in [6.45, 7) is 3.88. The molecule has 0 unspecified atom stereocenters. The fourth-order valence-corrected chi connectivity index (χ4v) is 2.63. The molecule has 2 N–H and O–H groups in total. The Bertz CT molecular complexity index is 554. The second kappa shape index (κ2) is 6.34. The first-order chi connectivity index (χ1) is 10.6. The van der Waals surface area contributed by atoms with Crippen LogP contribution in [0.5, 0.6) is 0 Å². The molecule has 6 nitrogen and oxygen atoms in total. The van der Waals surface area contributed by atoms with E-state index in [2.05, 4.69) is 15.6 Å². The number of aromatic nitrogens is 1. The van der Waals surface area contributed by atoms with Crippen LogP contribution in [0, 0.1) is 12.8 Å². The predicted octanol–water partition coefficient (Wildman–Crippen LogP) is 1.31. The van der Waals surface area contributed by atoms with E-state index in [1.807, 2.05) is 13.0 Å². The van der Waals surface area contributed by atoms with Crippen LogP contribution in [0.25, 0.3) is 0 Å². The summed E-state index contributed by atoms with van der Waals surface area (Å²) in [5.41, 5.74) is 1.49. The summed E-state index contributed by atoms with van der Waals surface area (Å²) in [6.07, 6.45) is 4.84. The van der Waals surface area contributed by atoms with Gasteiger partial charge in [-0.15, -0.1) is 0 Å². The molecule has 22 heavy (non-hydrogen) atoms. The quantitative estimate of drug-likeness (QED) is 0.881. The predicted molar refractivity (Wildman–Crippen MR) is 82.5 cm³/mol. The minimum atomic E-state index is -0.122. The van der Waals surface area contributed by atoms with Crippen molar-refractivity contribution in [2.75, 3.05) is 19.6 Å². The molecule has 2 heterocycles. The number of carbonyl (C=O) groups excluding carboxylic acids is 2. The van der Waals surface area contributed by atoms with Gasteiger partial charge in [0, 0.05) is 37.6 Å². The number of nitrogens with one attached hydrogen (secondary N) is 2. The lowest BCUT2D eigenvalue weighted by Gasteiger charge is -2.17. The molecule has 2 fully saturated rings. The Morgan fingerprint density at radius 2 is 2.14 bits per heavy atom. The van der Waals surface area contributed by atoms with Gasteiger partial charge in [0.05, 0.1) is 5.56 Å². The van der Waals surface area contributed by atoms with Crippen molar-refractivity contribution < 1.29 is 9.59 Å². The fraction of sp³-hybridized carbons (Fsp3) is 0.562. The van der Waals surface area contributed by atoms with E-state index in [1.54, 1.807) is 17.2 Å². The number of amides is 3. The molecule has 1 aliphatic carbocycles. The van der Waals surface area contributed by atoms with Crippen LogP contribution in [-0.4, -0.2) is 47.5 Å². The van der Waals surface area contributed by atoms with Crippen LogP contribution >= 0.6 is 0 Å². The van der Waals surface area contributed by atoms with Crippen LogP contribution in [0.3, 0.4) is 0 Å². The van der Waals surface area contributed by atoms with Gasteiger partial charge in [-0.2, -0.15) is 0 Å². The summed E-state index contributed by atoms with van der Waals surface area (Å²) >= 11 is 0. The van der Waals surface area contributed by atoms with Gasteiger partial charge in [0.1, 0.15) is 0 Å². The van der Waals surface area contributed by atoms with Gasteiger partial charge in [-0.1, -0.05) is 0 Å². The molecule has 3 amide bonds. The van der Waals surface area contributed by atoms with Crippen LogP contribution in [0.2, 0.25) is 0 Å². The molecule has 1 aromatic heterocycles. The molecule has 1 atom stereocenters. The van der Waals surface area contributed by atoms with E-state index in [0.717, 1.165) is 18.7 Å². The summed E-state index contributed by atoms with van der Waals surface area (Å²) in [6, 6.07) is 3.54. The summed E-state index contributed by atoms with van der Waals surface area (Å²) in [5, 5.41) is 5.84. The van der Waals surface area contributed by atoms with Crippen molar-refractivity contribution >= 4 is 11.9 Å². The van der Waals surface area contributed by atoms with Crippen molar-refractivity contribution in [3.63, 3.8) is 0 Å². The monoisotopic (exact) mass is 302 g/mol. The lowest BCUT2D eigenvalue weighted by atomic mass is 10.2. The van der Waals surface area contributed by atoms with Gasteiger partial charge in [-0.05, 0) is 44.2 Å². The van der Waals surface area contributed by atoms with E-state index in [9.17, 15) is 9.59 Å². The van der Waals surface area contributed by atoms with Crippen LogP contribution < -0.4 is 10.6 Å². The molecular formula is C16H22N4O2. The highest BCUT2D eigenvalue weighted by atomic mass is 16.2. The van der Waals surface area contributed by atoms with E-state index in [4.69, 9.17) is 0 Å². The average molecular weight is 302 g/mol. The molecule has 3 rings (SSSR count). The fourth-order valence-electron chi connectivity index (χ4n) is 2.63. The Morgan fingerprint density at radius 3 is 2.82 bits per heavy atom. The van der Waals surface area contributed by atoms with Crippen LogP contribution in [0.15, 0.2) is 18.3 Å². The van der Waals surface area contributed by atoms with E-state index in [-0.39, 0.29) is 18.0 Å². The SMILES string of the molecule is Cc1ccc(C(=O)N2CC[C@@H](NC(=O)NCC3CC3)C2)cn1. The lowest BCUT2D eigenvalue weighted by molar-refractivity contribution is 0.0789. The van der Waals surface area contributed by atoms with Crippen molar-refractivity contribution in [1.29, 1.82) is 0 Å². The molecule has 1 aromatic rings. The average Bonchev–Trinajstić information content (AvgIpc) is 3.23. The molecular weight excluding hydrogens is 280 g/mol. The zero-order chi connectivity index (χ0) is 15.5. The Kier molecular flexibility index (Phi) is 4.27. The summed E-state index contributed by atoms with van der Waals surface area (Å²) < 4.78 is 0. The maximum Gasteiger partial charge on any atom is 0.315 e. The number of likely N-dealkylation sites (tertiary alicyclic amines) is 1. The summed E-state index contributed by atoms with van der Waals surface area (Å²) in [4.78, 5) is 30.1. The summed E-state index contributed by atoms with van der Waals surface area (Å²) in [7, 11) is 0. The molecule has 1 saturated carbocycles. The normalized spacial score (nSPS) is 20.8. The first-order valence-electron chi connectivity index (χ1n) is 7.88. The second-order valence-corrected chi connectivity index (χ2v) is 6.22. The van der Waals surface area contributed by atoms with E-state index < -0.39 is 0 Å². The molecule has 0 spiro atoms. The number of nitrogens with zero attached hydrogens (tertiary/aromatic N) is 2. The Balaban J connectivity index is 1.47. The maximum absolute atomic E-state index is 12.4. The number of pyridine rings is 1. The largest absolute Gasteiger partial charge is 0.338 e. The third-order valence-electron chi connectivity index (χ3n) is 4.22. The number of hydrogen-bond acceptors (Lipinski definition) is 3. The molecule has 6 heteroatoms. The van der Waals surface area contributed by atoms with Crippen molar-refractivity contribution in [2.24, 2.45) is 5.92 Å². The molecule has 0 bridgehead atoms. The molecule has 2 aliphatic rings. The van der Waals surface area contributed by atoms with Gasteiger partial charge >= 0.3 is 6.03 Å². The third-order valence-corrected chi connectivity index (χ3v) is 4.22. The van der Waals surface area contributed by atoms with E-state index in [1.165, 1.54) is 12.8 Å². The van der Waals surface area contributed by atoms with Crippen LogP contribution in [-0.2, 0) is 0 Å². The summed E-state index contributed by atoms with van der Waals surface area (Å²) in [5.74, 6) is 0.650. The highest BCUT2D eigenvalue weighted by Crippen LogP contribution is 2.27. The van der Waals surface area contributed by atoms with Gasteiger partial charge in [0.2, 0.25) is 0 Å². The van der Waals surface area contributed by atoms with Gasteiger partial charge in [0.25, 0.3) is 5.91 Å². The number of urea groups is 1. The molecule has 1 saturated heterocycles. The first kappa shape index (κ1) is 14.8. The smallest absolute Gasteiger partial charge is 0.315 e. The van der Waals surface area contributed by atoms with Gasteiger partial charge < -0.3 is 15.5 Å². The van der Waals surface area contributed by atoms with Crippen molar-refractivity contribution in [1.82, 2.24) is 20.5 Å². The Morgan fingerprint density at radius 1 is 1.32 bits per heavy atom. The highest BCUT2D eigenvalue weighted by molar-refractivity contribution is 5.94. The molecule has 118 valence electrons. The van der Waals surface area contributed by atoms with E-state index >= 15 is 0 Å². The zero-order valence-corrected chi connectivity index (χ0v) is 12.8. The lowest BCUT2D eigenvalue weighted by Crippen LogP contribution is -2.44. The number of carbonyl (C=O) groups is 2. The van der Waals surface area contributed by atoms with Crippen molar-refractivity contribution in [3.8, 4) is 0 Å². The van der Waals surface area contributed by atoms with Crippen molar-refractivity contribution in [2.45, 2.75) is 32.2 Å². The van der Waals surface area contributed by atoms with Crippen molar-refractivity contribution in [3.05, 3.63) is 29.6 Å². The first-order valence-corrected chi connectivity index (χ1v) is 7.88. The second-order valence-electron chi connectivity index (χ2n) is 6.22.